The van der Waals surface area contributed by atoms with Crippen LogP contribution in [0.5, 0.6) is 5.88 Å². The third kappa shape index (κ3) is 3.58. The SMILES string of the molecule is NC(=O)C1CCN([C@H](c2ccccc2Cl)c2sc3nc(-c4ccco4)nn3c2O)CC1. The number of hydrogen-bond donors (Lipinski definition) is 2. The monoisotopic (exact) mass is 457 g/mol. The molecule has 1 aliphatic rings. The molecule has 1 aromatic carbocycles. The minimum atomic E-state index is -0.289. The number of likely N-dealkylation sites (tertiary alicyclic amines) is 1. The fraction of sp³-hybridized carbons (Fsp3) is 0.286. The van der Waals surface area contributed by atoms with Gasteiger partial charge < -0.3 is 15.3 Å². The van der Waals surface area contributed by atoms with E-state index >= 15 is 0 Å². The van der Waals surface area contributed by atoms with Crippen LogP contribution < -0.4 is 5.73 Å². The van der Waals surface area contributed by atoms with Crippen molar-refractivity contribution in [2.75, 3.05) is 13.1 Å². The van der Waals surface area contributed by atoms with Gasteiger partial charge in [0, 0.05) is 10.9 Å². The zero-order valence-corrected chi connectivity index (χ0v) is 18.0. The summed E-state index contributed by atoms with van der Waals surface area (Å²) in [6.45, 7) is 1.32. The molecule has 4 aromatic rings. The number of benzene rings is 1. The minimum absolute atomic E-state index is 0.0206. The average molecular weight is 458 g/mol. The molecule has 4 heterocycles. The van der Waals surface area contributed by atoms with Crippen LogP contribution in [0.25, 0.3) is 16.5 Å². The molecule has 1 fully saturated rings. The first-order valence-electron chi connectivity index (χ1n) is 9.93. The van der Waals surface area contributed by atoms with Gasteiger partial charge in [-0.05, 0) is 49.7 Å². The van der Waals surface area contributed by atoms with Gasteiger partial charge in [0.1, 0.15) is 0 Å². The number of piperidine rings is 1. The van der Waals surface area contributed by atoms with Gasteiger partial charge in [-0.3, -0.25) is 9.69 Å². The van der Waals surface area contributed by atoms with Crippen LogP contribution in [0.4, 0.5) is 0 Å². The largest absolute Gasteiger partial charge is 0.492 e. The van der Waals surface area contributed by atoms with Gasteiger partial charge in [0.2, 0.25) is 22.6 Å². The maximum absolute atomic E-state index is 11.6. The van der Waals surface area contributed by atoms with Crippen LogP contribution in [-0.2, 0) is 4.79 Å². The van der Waals surface area contributed by atoms with E-state index in [4.69, 9.17) is 21.8 Å². The van der Waals surface area contributed by atoms with Crippen molar-refractivity contribution in [3.05, 3.63) is 58.1 Å². The van der Waals surface area contributed by atoms with Crippen molar-refractivity contribution in [3.63, 3.8) is 0 Å². The van der Waals surface area contributed by atoms with Gasteiger partial charge in [-0.25, -0.2) is 0 Å². The Kier molecular flexibility index (Phi) is 5.17. The molecule has 1 saturated heterocycles. The van der Waals surface area contributed by atoms with Gasteiger partial charge in [-0.1, -0.05) is 41.1 Å². The van der Waals surface area contributed by atoms with E-state index in [9.17, 15) is 9.90 Å². The molecule has 0 saturated carbocycles. The van der Waals surface area contributed by atoms with Gasteiger partial charge in [0.25, 0.3) is 0 Å². The van der Waals surface area contributed by atoms with Crippen molar-refractivity contribution in [2.45, 2.75) is 18.9 Å². The maximum atomic E-state index is 11.6. The van der Waals surface area contributed by atoms with Crippen molar-refractivity contribution in [1.29, 1.82) is 0 Å². The number of fused-ring (bicyclic) bond motifs is 1. The van der Waals surface area contributed by atoms with Crippen LogP contribution in [0, 0.1) is 5.92 Å². The van der Waals surface area contributed by atoms with Crippen molar-refractivity contribution in [2.24, 2.45) is 11.7 Å². The minimum Gasteiger partial charge on any atom is -0.492 e. The predicted octanol–water partition coefficient (Wildman–Crippen LogP) is 3.70. The number of amides is 1. The number of furan rings is 1. The fourth-order valence-corrected chi connectivity index (χ4v) is 5.43. The highest BCUT2D eigenvalue weighted by atomic mass is 35.5. The molecule has 160 valence electrons. The molecule has 1 aliphatic heterocycles. The van der Waals surface area contributed by atoms with Crippen molar-refractivity contribution in [3.8, 4) is 17.5 Å². The number of carbonyl (C=O) groups is 1. The number of rotatable bonds is 5. The number of nitrogens with two attached hydrogens (primary N) is 1. The number of hydrogen-bond acceptors (Lipinski definition) is 7. The molecular weight excluding hydrogens is 438 g/mol. The summed E-state index contributed by atoms with van der Waals surface area (Å²) in [6.07, 6.45) is 2.89. The van der Waals surface area contributed by atoms with Gasteiger partial charge in [0.15, 0.2) is 5.76 Å². The molecule has 0 aliphatic carbocycles. The first-order chi connectivity index (χ1) is 15.0. The predicted molar refractivity (Wildman–Crippen MR) is 117 cm³/mol. The Balaban J connectivity index is 1.56. The van der Waals surface area contributed by atoms with Crippen molar-refractivity contribution < 1.29 is 14.3 Å². The Morgan fingerprint density at radius 2 is 2.03 bits per heavy atom. The first-order valence-corrected chi connectivity index (χ1v) is 11.1. The van der Waals surface area contributed by atoms with E-state index in [1.165, 1.54) is 15.9 Å². The van der Waals surface area contributed by atoms with Crippen LogP contribution in [0.2, 0.25) is 5.02 Å². The summed E-state index contributed by atoms with van der Waals surface area (Å²) in [4.78, 5) is 19.6. The normalized spacial score (nSPS) is 16.7. The van der Waals surface area contributed by atoms with Crippen LogP contribution in [0.1, 0.15) is 29.3 Å². The molecule has 0 unspecified atom stereocenters. The smallest absolute Gasteiger partial charge is 0.230 e. The molecule has 0 bridgehead atoms. The van der Waals surface area contributed by atoms with Crippen LogP contribution >= 0.6 is 22.9 Å². The third-order valence-electron chi connectivity index (χ3n) is 5.69. The fourth-order valence-electron chi connectivity index (χ4n) is 4.08. The standard InChI is InChI=1S/C21H20ClN5O3S/c22-14-5-2-1-4-13(14)16(26-9-7-12(8-10-26)18(23)28)17-20(29)27-21(31-17)24-19(25-27)15-6-3-11-30-15/h1-6,11-12,16,29H,7-10H2,(H2,23,28)/t16-/m1/s1. The number of nitrogens with zero attached hydrogens (tertiary/aromatic N) is 4. The lowest BCUT2D eigenvalue weighted by atomic mass is 9.93. The summed E-state index contributed by atoms with van der Waals surface area (Å²) < 4.78 is 6.80. The Morgan fingerprint density at radius 1 is 1.26 bits per heavy atom. The Morgan fingerprint density at radius 3 is 2.68 bits per heavy atom. The highest BCUT2D eigenvalue weighted by Gasteiger charge is 2.34. The zero-order valence-electron chi connectivity index (χ0n) is 16.4. The highest BCUT2D eigenvalue weighted by molar-refractivity contribution is 7.17. The molecule has 10 heteroatoms. The lowest BCUT2D eigenvalue weighted by molar-refractivity contribution is -0.123. The average Bonchev–Trinajstić information content (AvgIpc) is 3.49. The molecule has 31 heavy (non-hydrogen) atoms. The number of halogens is 1. The second-order valence-electron chi connectivity index (χ2n) is 7.53. The summed E-state index contributed by atoms with van der Waals surface area (Å²) in [6, 6.07) is 10.8. The Bertz CT molecular complexity index is 1230. The highest BCUT2D eigenvalue weighted by Crippen LogP contribution is 2.43. The van der Waals surface area contributed by atoms with E-state index in [2.05, 4.69) is 15.0 Å². The topological polar surface area (TPSA) is 110 Å². The van der Waals surface area contributed by atoms with E-state index in [1.54, 1.807) is 18.4 Å². The molecule has 3 aromatic heterocycles. The van der Waals surface area contributed by atoms with E-state index < -0.39 is 0 Å². The van der Waals surface area contributed by atoms with E-state index in [0.29, 0.717) is 52.4 Å². The second kappa shape index (κ2) is 7.99. The van der Waals surface area contributed by atoms with Crippen LogP contribution in [0.3, 0.4) is 0 Å². The third-order valence-corrected chi connectivity index (χ3v) is 7.10. The van der Waals surface area contributed by atoms with Crippen molar-refractivity contribution >= 4 is 33.8 Å². The molecule has 1 atom stereocenters. The molecule has 1 amide bonds. The van der Waals surface area contributed by atoms with Crippen molar-refractivity contribution in [1.82, 2.24) is 19.5 Å². The molecule has 5 rings (SSSR count). The summed E-state index contributed by atoms with van der Waals surface area (Å²) in [7, 11) is 0. The molecule has 0 radical (unpaired) electrons. The summed E-state index contributed by atoms with van der Waals surface area (Å²) in [5.41, 5.74) is 6.39. The lowest BCUT2D eigenvalue weighted by Gasteiger charge is -2.36. The maximum Gasteiger partial charge on any atom is 0.230 e. The number of aromatic nitrogens is 3. The van der Waals surface area contributed by atoms with Crippen LogP contribution in [-0.4, -0.2) is 43.6 Å². The molecule has 8 nitrogen and oxygen atoms in total. The lowest BCUT2D eigenvalue weighted by Crippen LogP contribution is -2.40. The summed E-state index contributed by atoms with van der Waals surface area (Å²) in [5.74, 6) is 0.575. The number of carbonyl (C=O) groups excluding carboxylic acids is 1. The molecular formula is C21H20ClN5O3S. The molecule has 0 spiro atoms. The quantitative estimate of drug-likeness (QED) is 0.473. The van der Waals surface area contributed by atoms with E-state index in [-0.39, 0.29) is 23.7 Å². The van der Waals surface area contributed by atoms with E-state index in [1.807, 2.05) is 24.3 Å². The van der Waals surface area contributed by atoms with Gasteiger partial charge >= 0.3 is 0 Å². The second-order valence-corrected chi connectivity index (χ2v) is 8.95. The van der Waals surface area contributed by atoms with E-state index in [0.717, 1.165) is 5.56 Å². The number of primary amides is 1. The Hall–Kier alpha value is -2.88. The van der Waals surface area contributed by atoms with Gasteiger partial charge in [-0.15, -0.1) is 5.10 Å². The van der Waals surface area contributed by atoms with Gasteiger partial charge in [-0.2, -0.15) is 9.50 Å². The van der Waals surface area contributed by atoms with Gasteiger partial charge in [0.05, 0.1) is 17.2 Å². The Labute approximate surface area is 186 Å². The first kappa shape index (κ1) is 20.0. The number of aromatic hydroxyl groups is 1. The number of thiazole rings is 1. The summed E-state index contributed by atoms with van der Waals surface area (Å²) >= 11 is 7.92. The summed E-state index contributed by atoms with van der Waals surface area (Å²) in [5, 5.41) is 16.1. The zero-order chi connectivity index (χ0) is 21.5. The molecule has 3 N–H and O–H groups in total. The van der Waals surface area contributed by atoms with Crippen LogP contribution in [0.15, 0.2) is 47.1 Å².